The highest BCUT2D eigenvalue weighted by Gasteiger charge is 2.09. The van der Waals surface area contributed by atoms with Gasteiger partial charge < -0.3 is 15.2 Å². The van der Waals surface area contributed by atoms with Gasteiger partial charge in [0.05, 0.1) is 13.3 Å². The molecular formula is C15H18N2O2. The molecule has 0 spiro atoms. The standard InChI is InChI=1S/C15H18N2O2/c1-3-11-4-5-13(14(8-11)18-2)19-15-10-17-7-6-12(15)9-16/h4-8,10H,3,9,16H2,1-2H3. The zero-order valence-electron chi connectivity index (χ0n) is 11.2. The SMILES string of the molecule is CCc1ccc(Oc2cnccc2CN)c(OC)c1. The van der Waals surface area contributed by atoms with Gasteiger partial charge in [-0.2, -0.15) is 0 Å². The lowest BCUT2D eigenvalue weighted by Crippen LogP contribution is -2.00. The molecule has 2 rings (SSSR count). The number of hydrogen-bond acceptors (Lipinski definition) is 4. The van der Waals surface area contributed by atoms with Crippen molar-refractivity contribution in [1.82, 2.24) is 4.98 Å². The van der Waals surface area contributed by atoms with E-state index >= 15 is 0 Å². The molecular weight excluding hydrogens is 240 g/mol. The van der Waals surface area contributed by atoms with E-state index in [1.54, 1.807) is 19.5 Å². The lowest BCUT2D eigenvalue weighted by molar-refractivity contribution is 0.376. The second-order valence-electron chi connectivity index (χ2n) is 4.13. The van der Waals surface area contributed by atoms with Crippen LogP contribution in [0.3, 0.4) is 0 Å². The van der Waals surface area contributed by atoms with Crippen LogP contribution >= 0.6 is 0 Å². The maximum atomic E-state index is 5.85. The van der Waals surface area contributed by atoms with Gasteiger partial charge in [0.15, 0.2) is 11.5 Å². The van der Waals surface area contributed by atoms with Crippen molar-refractivity contribution >= 4 is 0 Å². The van der Waals surface area contributed by atoms with Crippen molar-refractivity contribution in [1.29, 1.82) is 0 Å². The van der Waals surface area contributed by atoms with Gasteiger partial charge in [-0.15, -0.1) is 0 Å². The summed E-state index contributed by atoms with van der Waals surface area (Å²) in [5.41, 5.74) is 7.80. The van der Waals surface area contributed by atoms with Gasteiger partial charge in [0, 0.05) is 18.3 Å². The minimum atomic E-state index is 0.410. The van der Waals surface area contributed by atoms with Gasteiger partial charge in [-0.3, -0.25) is 4.98 Å². The van der Waals surface area contributed by atoms with Crippen molar-refractivity contribution in [2.75, 3.05) is 7.11 Å². The van der Waals surface area contributed by atoms with Crippen molar-refractivity contribution in [2.24, 2.45) is 5.73 Å². The molecule has 0 unspecified atom stereocenters. The second kappa shape index (κ2) is 6.20. The average molecular weight is 258 g/mol. The molecule has 19 heavy (non-hydrogen) atoms. The molecule has 0 saturated heterocycles. The fourth-order valence-electron chi connectivity index (χ4n) is 1.80. The molecule has 4 heteroatoms. The highest BCUT2D eigenvalue weighted by atomic mass is 16.5. The van der Waals surface area contributed by atoms with Crippen molar-refractivity contribution in [3.05, 3.63) is 47.8 Å². The Morgan fingerprint density at radius 2 is 2.00 bits per heavy atom. The van der Waals surface area contributed by atoms with Gasteiger partial charge in [0.1, 0.15) is 5.75 Å². The first-order valence-electron chi connectivity index (χ1n) is 6.26. The Kier molecular flexibility index (Phi) is 4.36. The molecule has 4 nitrogen and oxygen atoms in total. The van der Waals surface area contributed by atoms with Crippen LogP contribution in [0.15, 0.2) is 36.7 Å². The third kappa shape index (κ3) is 3.03. The topological polar surface area (TPSA) is 57.4 Å². The van der Waals surface area contributed by atoms with Gasteiger partial charge >= 0.3 is 0 Å². The summed E-state index contributed by atoms with van der Waals surface area (Å²) in [4.78, 5) is 4.06. The number of ether oxygens (including phenoxy) is 2. The van der Waals surface area contributed by atoms with Gasteiger partial charge in [-0.1, -0.05) is 13.0 Å². The molecule has 2 aromatic rings. The monoisotopic (exact) mass is 258 g/mol. The van der Waals surface area contributed by atoms with Gasteiger partial charge in [0.25, 0.3) is 0 Å². The molecule has 0 aliphatic heterocycles. The van der Waals surface area contributed by atoms with E-state index in [9.17, 15) is 0 Å². The molecule has 0 fully saturated rings. The van der Waals surface area contributed by atoms with Crippen LogP contribution in [0.4, 0.5) is 0 Å². The molecule has 2 N–H and O–H groups in total. The van der Waals surface area contributed by atoms with E-state index in [-0.39, 0.29) is 0 Å². The Morgan fingerprint density at radius 3 is 2.68 bits per heavy atom. The summed E-state index contributed by atoms with van der Waals surface area (Å²) < 4.78 is 11.2. The summed E-state index contributed by atoms with van der Waals surface area (Å²) in [5.74, 6) is 2.04. The summed E-state index contributed by atoms with van der Waals surface area (Å²) in [6, 6.07) is 7.76. The summed E-state index contributed by atoms with van der Waals surface area (Å²) in [6.45, 7) is 2.51. The molecule has 1 heterocycles. The molecule has 0 bridgehead atoms. The predicted molar refractivity (Wildman–Crippen MR) is 74.6 cm³/mol. The first-order chi connectivity index (χ1) is 9.28. The Bertz CT molecular complexity index is 556. The Hall–Kier alpha value is -2.07. The molecule has 0 saturated carbocycles. The van der Waals surface area contributed by atoms with Crippen LogP contribution in [0.2, 0.25) is 0 Å². The normalized spacial score (nSPS) is 10.3. The van der Waals surface area contributed by atoms with Gasteiger partial charge in [-0.25, -0.2) is 0 Å². The summed E-state index contributed by atoms with van der Waals surface area (Å²) in [7, 11) is 1.63. The van der Waals surface area contributed by atoms with E-state index in [0.29, 0.717) is 23.8 Å². The number of benzene rings is 1. The maximum absolute atomic E-state index is 5.85. The maximum Gasteiger partial charge on any atom is 0.169 e. The van der Waals surface area contributed by atoms with Crippen LogP contribution in [-0.2, 0) is 13.0 Å². The van der Waals surface area contributed by atoms with Crippen molar-refractivity contribution in [2.45, 2.75) is 19.9 Å². The smallest absolute Gasteiger partial charge is 0.169 e. The Labute approximate surface area is 113 Å². The van der Waals surface area contributed by atoms with Crippen LogP contribution in [-0.4, -0.2) is 12.1 Å². The number of nitrogens with zero attached hydrogens (tertiary/aromatic N) is 1. The minimum absolute atomic E-state index is 0.410. The van der Waals surface area contributed by atoms with Gasteiger partial charge in [0.2, 0.25) is 0 Å². The van der Waals surface area contributed by atoms with E-state index in [2.05, 4.69) is 11.9 Å². The first kappa shape index (κ1) is 13.4. The van der Waals surface area contributed by atoms with Crippen LogP contribution in [0.25, 0.3) is 0 Å². The Balaban J connectivity index is 2.32. The molecule has 0 radical (unpaired) electrons. The van der Waals surface area contributed by atoms with E-state index in [1.165, 1.54) is 5.56 Å². The number of methoxy groups -OCH3 is 1. The molecule has 1 aromatic carbocycles. The molecule has 1 aromatic heterocycles. The highest BCUT2D eigenvalue weighted by Crippen LogP contribution is 2.33. The van der Waals surface area contributed by atoms with Crippen molar-refractivity contribution < 1.29 is 9.47 Å². The summed E-state index contributed by atoms with van der Waals surface area (Å²) in [5, 5.41) is 0. The largest absolute Gasteiger partial charge is 0.493 e. The quantitative estimate of drug-likeness (QED) is 0.895. The lowest BCUT2D eigenvalue weighted by atomic mass is 10.1. The fourth-order valence-corrected chi connectivity index (χ4v) is 1.80. The third-order valence-corrected chi connectivity index (χ3v) is 2.95. The van der Waals surface area contributed by atoms with Crippen LogP contribution in [0.5, 0.6) is 17.2 Å². The molecule has 0 amide bonds. The molecule has 0 aliphatic carbocycles. The van der Waals surface area contributed by atoms with Crippen LogP contribution < -0.4 is 15.2 Å². The van der Waals surface area contributed by atoms with Crippen molar-refractivity contribution in [3.8, 4) is 17.2 Å². The summed E-state index contributed by atoms with van der Waals surface area (Å²) >= 11 is 0. The van der Waals surface area contributed by atoms with E-state index in [0.717, 1.165) is 12.0 Å². The number of aromatic nitrogens is 1. The van der Waals surface area contributed by atoms with Crippen LogP contribution in [0, 0.1) is 0 Å². The number of nitrogens with two attached hydrogens (primary N) is 1. The predicted octanol–water partition coefficient (Wildman–Crippen LogP) is 2.90. The second-order valence-corrected chi connectivity index (χ2v) is 4.13. The zero-order valence-corrected chi connectivity index (χ0v) is 11.2. The minimum Gasteiger partial charge on any atom is -0.493 e. The lowest BCUT2D eigenvalue weighted by Gasteiger charge is -2.13. The number of aryl methyl sites for hydroxylation is 1. The van der Waals surface area contributed by atoms with Crippen LogP contribution in [0.1, 0.15) is 18.1 Å². The van der Waals surface area contributed by atoms with Gasteiger partial charge in [-0.05, 0) is 30.2 Å². The fraction of sp³-hybridized carbons (Fsp3) is 0.267. The van der Waals surface area contributed by atoms with Crippen molar-refractivity contribution in [3.63, 3.8) is 0 Å². The Morgan fingerprint density at radius 1 is 1.16 bits per heavy atom. The molecule has 0 aliphatic rings. The summed E-state index contributed by atoms with van der Waals surface area (Å²) in [6.07, 6.45) is 4.32. The average Bonchev–Trinajstić information content (AvgIpc) is 2.48. The third-order valence-electron chi connectivity index (χ3n) is 2.95. The number of hydrogen-bond donors (Lipinski definition) is 1. The first-order valence-corrected chi connectivity index (χ1v) is 6.26. The molecule has 0 atom stereocenters. The number of pyridine rings is 1. The van der Waals surface area contributed by atoms with E-state index in [4.69, 9.17) is 15.2 Å². The molecule has 100 valence electrons. The zero-order chi connectivity index (χ0) is 13.7. The van der Waals surface area contributed by atoms with E-state index in [1.807, 2.05) is 24.3 Å². The number of rotatable bonds is 5. The highest BCUT2D eigenvalue weighted by molar-refractivity contribution is 5.46. The van der Waals surface area contributed by atoms with E-state index < -0.39 is 0 Å².